The highest BCUT2D eigenvalue weighted by atomic mass is 35.5. The van der Waals surface area contributed by atoms with Crippen molar-refractivity contribution < 1.29 is 0 Å². The summed E-state index contributed by atoms with van der Waals surface area (Å²) in [4.78, 5) is 2.50. The normalized spacial score (nSPS) is 16.4. The van der Waals surface area contributed by atoms with Gasteiger partial charge in [0.1, 0.15) is 0 Å². The number of nitrogens with zero attached hydrogens (tertiary/aromatic N) is 1. The molecular weight excluding hydrogens is 280 g/mol. The van der Waals surface area contributed by atoms with E-state index in [0.29, 0.717) is 6.04 Å². The summed E-state index contributed by atoms with van der Waals surface area (Å²) in [6.07, 6.45) is 2.25. The van der Waals surface area contributed by atoms with Gasteiger partial charge in [-0.05, 0) is 42.6 Å². The third kappa shape index (κ3) is 4.31. The molecule has 0 amide bonds. The molecule has 1 heterocycles. The second kappa shape index (κ2) is 7.60. The van der Waals surface area contributed by atoms with E-state index < -0.39 is 0 Å². The summed E-state index contributed by atoms with van der Waals surface area (Å²) >= 11 is 0. The number of rotatable bonds is 3. The summed E-state index contributed by atoms with van der Waals surface area (Å²) in [5, 5.41) is 0. The van der Waals surface area contributed by atoms with Gasteiger partial charge in [-0.2, -0.15) is 0 Å². The van der Waals surface area contributed by atoms with Crippen LogP contribution in [0.1, 0.15) is 18.4 Å². The molecule has 0 spiro atoms. The lowest BCUT2D eigenvalue weighted by atomic mass is 10.0. The molecular formula is C18H23ClN2. The molecule has 0 radical (unpaired) electrons. The zero-order chi connectivity index (χ0) is 13.8. The van der Waals surface area contributed by atoms with Gasteiger partial charge in [0.05, 0.1) is 0 Å². The second-order valence-electron chi connectivity index (χ2n) is 5.68. The van der Waals surface area contributed by atoms with Gasteiger partial charge in [-0.15, -0.1) is 12.4 Å². The van der Waals surface area contributed by atoms with E-state index in [4.69, 9.17) is 5.73 Å². The topological polar surface area (TPSA) is 29.3 Å². The average Bonchev–Trinajstić information content (AvgIpc) is 2.51. The predicted octanol–water partition coefficient (Wildman–Crippen LogP) is 3.70. The number of hydrogen-bond acceptors (Lipinski definition) is 2. The average molecular weight is 303 g/mol. The van der Waals surface area contributed by atoms with E-state index in [-0.39, 0.29) is 12.4 Å². The number of piperidine rings is 1. The summed E-state index contributed by atoms with van der Waals surface area (Å²) in [5.41, 5.74) is 9.90. The molecule has 2 aromatic rings. The fraction of sp³-hybridized carbons (Fsp3) is 0.333. The Morgan fingerprint density at radius 3 is 2.05 bits per heavy atom. The zero-order valence-corrected chi connectivity index (χ0v) is 13.1. The number of halogens is 1. The van der Waals surface area contributed by atoms with Crippen LogP contribution in [0.2, 0.25) is 0 Å². The minimum absolute atomic E-state index is 0. The van der Waals surface area contributed by atoms with E-state index in [1.807, 2.05) is 0 Å². The summed E-state index contributed by atoms with van der Waals surface area (Å²) in [6.45, 7) is 3.30. The van der Waals surface area contributed by atoms with Crippen LogP contribution in [-0.4, -0.2) is 24.0 Å². The Hall–Kier alpha value is -1.35. The number of nitrogens with two attached hydrogens (primary N) is 1. The number of hydrogen-bond donors (Lipinski definition) is 1. The molecule has 1 fully saturated rings. The molecule has 1 aliphatic rings. The van der Waals surface area contributed by atoms with Gasteiger partial charge in [0.15, 0.2) is 0 Å². The molecule has 1 aliphatic heterocycles. The van der Waals surface area contributed by atoms with E-state index in [1.54, 1.807) is 0 Å². The molecule has 3 rings (SSSR count). The van der Waals surface area contributed by atoms with Crippen LogP contribution < -0.4 is 5.73 Å². The molecule has 0 unspecified atom stereocenters. The lowest BCUT2D eigenvalue weighted by Crippen LogP contribution is -2.39. The minimum Gasteiger partial charge on any atom is -0.328 e. The van der Waals surface area contributed by atoms with Gasteiger partial charge < -0.3 is 5.73 Å². The molecule has 0 atom stereocenters. The lowest BCUT2D eigenvalue weighted by molar-refractivity contribution is 0.205. The van der Waals surface area contributed by atoms with Crippen molar-refractivity contribution in [2.24, 2.45) is 5.73 Å². The minimum atomic E-state index is 0. The molecule has 112 valence electrons. The molecule has 21 heavy (non-hydrogen) atoms. The molecule has 2 N–H and O–H groups in total. The summed E-state index contributed by atoms with van der Waals surface area (Å²) in [7, 11) is 0. The van der Waals surface area contributed by atoms with Crippen LogP contribution in [-0.2, 0) is 6.54 Å². The molecule has 3 heteroatoms. The van der Waals surface area contributed by atoms with Crippen molar-refractivity contribution in [2.75, 3.05) is 13.1 Å². The van der Waals surface area contributed by atoms with Crippen LogP contribution in [0, 0.1) is 0 Å². The van der Waals surface area contributed by atoms with Crippen molar-refractivity contribution in [3.8, 4) is 11.1 Å². The fourth-order valence-corrected chi connectivity index (χ4v) is 2.80. The van der Waals surface area contributed by atoms with E-state index in [2.05, 4.69) is 59.5 Å². The van der Waals surface area contributed by atoms with Crippen molar-refractivity contribution in [1.82, 2.24) is 4.90 Å². The van der Waals surface area contributed by atoms with Crippen molar-refractivity contribution in [1.29, 1.82) is 0 Å². The summed E-state index contributed by atoms with van der Waals surface area (Å²) in [6, 6.07) is 19.9. The SMILES string of the molecule is Cl.NC1CCN(Cc2ccc(-c3ccccc3)cc2)CC1. The maximum Gasteiger partial charge on any atom is 0.0233 e. The van der Waals surface area contributed by atoms with E-state index in [9.17, 15) is 0 Å². The van der Waals surface area contributed by atoms with Crippen molar-refractivity contribution >= 4 is 12.4 Å². The largest absolute Gasteiger partial charge is 0.328 e. The zero-order valence-electron chi connectivity index (χ0n) is 12.2. The van der Waals surface area contributed by atoms with Crippen molar-refractivity contribution in [3.05, 3.63) is 60.2 Å². The monoisotopic (exact) mass is 302 g/mol. The van der Waals surface area contributed by atoms with Gasteiger partial charge in [-0.1, -0.05) is 54.6 Å². The molecule has 0 aliphatic carbocycles. The highest BCUT2D eigenvalue weighted by Gasteiger charge is 2.15. The first-order valence-corrected chi connectivity index (χ1v) is 7.43. The van der Waals surface area contributed by atoms with Crippen LogP contribution in [0.3, 0.4) is 0 Å². The quantitative estimate of drug-likeness (QED) is 0.937. The van der Waals surface area contributed by atoms with E-state index >= 15 is 0 Å². The van der Waals surface area contributed by atoms with Crippen LogP contribution in [0.25, 0.3) is 11.1 Å². The van der Waals surface area contributed by atoms with E-state index in [1.165, 1.54) is 16.7 Å². The molecule has 1 saturated heterocycles. The van der Waals surface area contributed by atoms with Gasteiger partial charge >= 0.3 is 0 Å². The maximum absolute atomic E-state index is 5.95. The van der Waals surface area contributed by atoms with Gasteiger partial charge in [-0.3, -0.25) is 4.90 Å². The predicted molar refractivity (Wildman–Crippen MR) is 91.6 cm³/mol. The third-order valence-corrected chi connectivity index (χ3v) is 4.10. The Labute approximate surface area is 133 Å². The summed E-state index contributed by atoms with van der Waals surface area (Å²) in [5.74, 6) is 0. The van der Waals surface area contributed by atoms with E-state index in [0.717, 1.165) is 32.5 Å². The Morgan fingerprint density at radius 1 is 0.857 bits per heavy atom. The highest BCUT2D eigenvalue weighted by Crippen LogP contribution is 2.20. The maximum atomic E-state index is 5.95. The molecule has 0 saturated carbocycles. The number of likely N-dealkylation sites (tertiary alicyclic amines) is 1. The fourth-order valence-electron chi connectivity index (χ4n) is 2.80. The standard InChI is InChI=1S/C18H22N2.ClH/c19-18-10-12-20(13-11-18)14-15-6-8-17(9-7-15)16-4-2-1-3-5-16;/h1-9,18H,10-14,19H2;1H. The highest BCUT2D eigenvalue weighted by molar-refractivity contribution is 5.85. The van der Waals surface area contributed by atoms with Gasteiger partial charge in [0, 0.05) is 12.6 Å². The van der Waals surface area contributed by atoms with Gasteiger partial charge in [-0.25, -0.2) is 0 Å². The van der Waals surface area contributed by atoms with Crippen molar-refractivity contribution in [2.45, 2.75) is 25.4 Å². The van der Waals surface area contributed by atoms with Crippen LogP contribution in [0.4, 0.5) is 0 Å². The molecule has 0 aromatic heterocycles. The van der Waals surface area contributed by atoms with Crippen LogP contribution >= 0.6 is 12.4 Å². The molecule has 2 aromatic carbocycles. The van der Waals surface area contributed by atoms with Gasteiger partial charge in [0.25, 0.3) is 0 Å². The lowest BCUT2D eigenvalue weighted by Gasteiger charge is -2.30. The van der Waals surface area contributed by atoms with Gasteiger partial charge in [0.2, 0.25) is 0 Å². The Morgan fingerprint density at radius 2 is 1.43 bits per heavy atom. The first-order valence-electron chi connectivity index (χ1n) is 7.43. The Bertz CT molecular complexity index is 531. The first kappa shape index (κ1) is 16.0. The first-order chi connectivity index (χ1) is 9.81. The summed E-state index contributed by atoms with van der Waals surface area (Å²) < 4.78 is 0. The Kier molecular flexibility index (Phi) is 5.80. The smallest absolute Gasteiger partial charge is 0.0233 e. The molecule has 0 bridgehead atoms. The van der Waals surface area contributed by atoms with Crippen LogP contribution in [0.5, 0.6) is 0 Å². The Balaban J connectivity index is 0.00000161. The second-order valence-corrected chi connectivity index (χ2v) is 5.68. The van der Waals surface area contributed by atoms with Crippen molar-refractivity contribution in [3.63, 3.8) is 0 Å². The third-order valence-electron chi connectivity index (χ3n) is 4.10. The number of benzene rings is 2. The van der Waals surface area contributed by atoms with Crippen LogP contribution in [0.15, 0.2) is 54.6 Å². The molecule has 2 nitrogen and oxygen atoms in total.